The molecule has 18 heavy (non-hydrogen) atoms. The predicted octanol–water partition coefficient (Wildman–Crippen LogP) is 1.79. The molecule has 0 aliphatic heterocycles. The van der Waals surface area contributed by atoms with Gasteiger partial charge in [0.15, 0.2) is 0 Å². The first-order chi connectivity index (χ1) is 8.32. The number of rotatable bonds is 5. The molecule has 0 fully saturated rings. The van der Waals surface area contributed by atoms with Gasteiger partial charge in [0.05, 0.1) is 0 Å². The summed E-state index contributed by atoms with van der Waals surface area (Å²) in [4.78, 5) is 8.73. The standard InChI is InChI=1S/C13H24N4O/c1-9(5-6-18)8-15-11-7-10(14)16-12(17-11)13(2,3)4/h7,9,18H,5-6,8H2,1-4H3,(H3,14,15,16,17). The van der Waals surface area contributed by atoms with Crippen LogP contribution in [-0.4, -0.2) is 28.2 Å². The maximum absolute atomic E-state index is 8.86. The molecule has 0 saturated carbocycles. The van der Waals surface area contributed by atoms with Gasteiger partial charge >= 0.3 is 0 Å². The molecule has 1 aromatic rings. The number of nitrogens with one attached hydrogen (secondary N) is 1. The minimum absolute atomic E-state index is 0.122. The Morgan fingerprint density at radius 3 is 2.61 bits per heavy atom. The lowest BCUT2D eigenvalue weighted by atomic mass is 9.96. The summed E-state index contributed by atoms with van der Waals surface area (Å²) in [6.45, 7) is 9.22. The van der Waals surface area contributed by atoms with Gasteiger partial charge in [0.25, 0.3) is 0 Å². The Kier molecular flexibility index (Phi) is 4.90. The molecule has 0 amide bonds. The van der Waals surface area contributed by atoms with Gasteiger partial charge in [-0.2, -0.15) is 0 Å². The lowest BCUT2D eigenvalue weighted by Crippen LogP contribution is -2.19. The molecule has 5 heteroatoms. The van der Waals surface area contributed by atoms with E-state index < -0.39 is 0 Å². The van der Waals surface area contributed by atoms with Gasteiger partial charge in [-0.25, -0.2) is 9.97 Å². The van der Waals surface area contributed by atoms with Gasteiger partial charge in [-0.3, -0.25) is 0 Å². The number of nitrogen functional groups attached to an aromatic ring is 1. The highest BCUT2D eigenvalue weighted by molar-refractivity contribution is 5.45. The van der Waals surface area contributed by atoms with Crippen molar-refractivity contribution < 1.29 is 5.11 Å². The van der Waals surface area contributed by atoms with Gasteiger partial charge in [0.2, 0.25) is 0 Å². The molecule has 0 aromatic carbocycles. The summed E-state index contributed by atoms with van der Waals surface area (Å²) in [5.74, 6) is 2.36. The zero-order valence-corrected chi connectivity index (χ0v) is 11.7. The third kappa shape index (κ3) is 4.49. The Morgan fingerprint density at radius 2 is 2.06 bits per heavy atom. The van der Waals surface area contributed by atoms with Crippen molar-refractivity contribution in [2.75, 3.05) is 24.2 Å². The normalized spacial score (nSPS) is 13.4. The van der Waals surface area contributed by atoms with Crippen LogP contribution >= 0.6 is 0 Å². The number of aliphatic hydroxyl groups excluding tert-OH is 1. The molecule has 1 heterocycles. The SMILES string of the molecule is CC(CCO)CNc1cc(N)nc(C(C)(C)C)n1. The first-order valence-corrected chi connectivity index (χ1v) is 6.32. The maximum atomic E-state index is 8.86. The lowest BCUT2D eigenvalue weighted by molar-refractivity contribution is 0.266. The van der Waals surface area contributed by atoms with Crippen molar-refractivity contribution >= 4 is 11.6 Å². The summed E-state index contributed by atoms with van der Waals surface area (Å²) in [7, 11) is 0. The van der Waals surface area contributed by atoms with Crippen molar-refractivity contribution in [2.45, 2.75) is 39.5 Å². The van der Waals surface area contributed by atoms with E-state index in [0.717, 1.165) is 24.6 Å². The zero-order valence-electron chi connectivity index (χ0n) is 11.7. The molecule has 1 aromatic heterocycles. The van der Waals surface area contributed by atoms with Crippen LogP contribution in [0.15, 0.2) is 6.07 Å². The molecule has 5 nitrogen and oxygen atoms in total. The number of hydrogen-bond acceptors (Lipinski definition) is 5. The van der Waals surface area contributed by atoms with Crippen molar-refractivity contribution in [1.29, 1.82) is 0 Å². The first kappa shape index (κ1) is 14.7. The van der Waals surface area contributed by atoms with Crippen LogP contribution in [0.5, 0.6) is 0 Å². The van der Waals surface area contributed by atoms with Crippen LogP contribution in [0.4, 0.5) is 11.6 Å². The topological polar surface area (TPSA) is 84.1 Å². The van der Waals surface area contributed by atoms with Crippen LogP contribution in [0, 0.1) is 5.92 Å². The van der Waals surface area contributed by atoms with Crippen molar-refractivity contribution in [2.24, 2.45) is 5.92 Å². The number of aliphatic hydroxyl groups is 1. The molecule has 4 N–H and O–H groups in total. The van der Waals surface area contributed by atoms with E-state index in [2.05, 4.69) is 43.0 Å². The Bertz CT molecular complexity index is 387. The molecule has 1 atom stereocenters. The van der Waals surface area contributed by atoms with Crippen molar-refractivity contribution in [1.82, 2.24) is 9.97 Å². The predicted molar refractivity (Wildman–Crippen MR) is 74.5 cm³/mol. The van der Waals surface area contributed by atoms with Gasteiger partial charge in [0.1, 0.15) is 17.5 Å². The number of aromatic nitrogens is 2. The fourth-order valence-corrected chi connectivity index (χ4v) is 1.49. The second-order valence-electron chi connectivity index (χ2n) is 5.75. The van der Waals surface area contributed by atoms with Crippen LogP contribution < -0.4 is 11.1 Å². The minimum Gasteiger partial charge on any atom is -0.396 e. The molecule has 0 saturated heterocycles. The molecule has 0 radical (unpaired) electrons. The molecule has 0 spiro atoms. The molecule has 0 bridgehead atoms. The summed E-state index contributed by atoms with van der Waals surface area (Å²) >= 11 is 0. The van der Waals surface area contributed by atoms with Crippen LogP contribution in [0.1, 0.15) is 39.9 Å². The minimum atomic E-state index is -0.122. The van der Waals surface area contributed by atoms with Gasteiger partial charge in [0, 0.05) is 24.6 Å². The smallest absolute Gasteiger partial charge is 0.138 e. The Balaban J connectivity index is 2.75. The molecule has 102 valence electrons. The number of nitrogens with two attached hydrogens (primary N) is 1. The number of hydrogen-bond donors (Lipinski definition) is 3. The largest absolute Gasteiger partial charge is 0.396 e. The Hall–Kier alpha value is -1.36. The van der Waals surface area contributed by atoms with E-state index in [0.29, 0.717) is 11.7 Å². The third-order valence-corrected chi connectivity index (χ3v) is 2.67. The summed E-state index contributed by atoms with van der Waals surface area (Å²) in [6.07, 6.45) is 0.777. The second kappa shape index (κ2) is 6.00. The van der Waals surface area contributed by atoms with Crippen molar-refractivity contribution in [3.8, 4) is 0 Å². The van der Waals surface area contributed by atoms with Gasteiger partial charge in [-0.1, -0.05) is 27.7 Å². The lowest BCUT2D eigenvalue weighted by Gasteiger charge is -2.19. The highest BCUT2D eigenvalue weighted by Gasteiger charge is 2.18. The van der Waals surface area contributed by atoms with Gasteiger partial charge in [-0.15, -0.1) is 0 Å². The van der Waals surface area contributed by atoms with E-state index >= 15 is 0 Å². The van der Waals surface area contributed by atoms with Crippen LogP contribution in [0.3, 0.4) is 0 Å². The summed E-state index contributed by atoms with van der Waals surface area (Å²) < 4.78 is 0. The van der Waals surface area contributed by atoms with E-state index in [1.807, 2.05) is 0 Å². The summed E-state index contributed by atoms with van der Waals surface area (Å²) in [6, 6.07) is 1.74. The molecular weight excluding hydrogens is 228 g/mol. The highest BCUT2D eigenvalue weighted by Crippen LogP contribution is 2.21. The van der Waals surface area contributed by atoms with Crippen LogP contribution in [0.2, 0.25) is 0 Å². The van der Waals surface area contributed by atoms with E-state index in [9.17, 15) is 0 Å². The Morgan fingerprint density at radius 1 is 1.39 bits per heavy atom. The van der Waals surface area contributed by atoms with Crippen molar-refractivity contribution in [3.63, 3.8) is 0 Å². The molecule has 0 aliphatic carbocycles. The fraction of sp³-hybridized carbons (Fsp3) is 0.692. The quantitative estimate of drug-likeness (QED) is 0.744. The van der Waals surface area contributed by atoms with E-state index in [1.54, 1.807) is 6.07 Å². The van der Waals surface area contributed by atoms with E-state index in [4.69, 9.17) is 10.8 Å². The van der Waals surface area contributed by atoms with Crippen LogP contribution in [0.25, 0.3) is 0 Å². The number of nitrogens with zero attached hydrogens (tertiary/aromatic N) is 2. The monoisotopic (exact) mass is 252 g/mol. The third-order valence-electron chi connectivity index (χ3n) is 2.67. The second-order valence-corrected chi connectivity index (χ2v) is 5.75. The van der Waals surface area contributed by atoms with Crippen molar-refractivity contribution in [3.05, 3.63) is 11.9 Å². The average molecular weight is 252 g/mol. The Labute approximate surface area is 109 Å². The fourth-order valence-electron chi connectivity index (χ4n) is 1.49. The summed E-state index contributed by atoms with van der Waals surface area (Å²) in [5.41, 5.74) is 5.67. The first-order valence-electron chi connectivity index (χ1n) is 6.32. The molecule has 0 aliphatic rings. The average Bonchev–Trinajstić information content (AvgIpc) is 2.25. The van der Waals surface area contributed by atoms with Gasteiger partial charge < -0.3 is 16.2 Å². The van der Waals surface area contributed by atoms with E-state index in [-0.39, 0.29) is 12.0 Å². The van der Waals surface area contributed by atoms with Crippen LogP contribution in [-0.2, 0) is 5.41 Å². The molecule has 1 rings (SSSR count). The van der Waals surface area contributed by atoms with E-state index in [1.165, 1.54) is 0 Å². The summed E-state index contributed by atoms with van der Waals surface area (Å²) in [5, 5.41) is 12.1. The molecule has 1 unspecified atom stereocenters. The number of anilines is 2. The highest BCUT2D eigenvalue weighted by atomic mass is 16.3. The molecular formula is C13H24N4O. The van der Waals surface area contributed by atoms with Gasteiger partial charge in [-0.05, 0) is 12.3 Å². The maximum Gasteiger partial charge on any atom is 0.138 e. The zero-order chi connectivity index (χ0) is 13.8.